The van der Waals surface area contributed by atoms with Gasteiger partial charge in [0.1, 0.15) is 6.04 Å². The van der Waals surface area contributed by atoms with Crippen molar-refractivity contribution in [2.75, 3.05) is 0 Å². The molecule has 3 aromatic rings. The fourth-order valence-electron chi connectivity index (χ4n) is 2.97. The zero-order chi connectivity index (χ0) is 24.2. The van der Waals surface area contributed by atoms with E-state index in [0.29, 0.717) is 5.56 Å². The van der Waals surface area contributed by atoms with Gasteiger partial charge < -0.3 is 5.11 Å². The summed E-state index contributed by atoms with van der Waals surface area (Å²) >= 11 is 0. The Bertz CT molecular complexity index is 1390. The molecule has 0 fully saturated rings. The molecular formula is C21H18N2O8S2. The summed E-state index contributed by atoms with van der Waals surface area (Å²) < 4.78 is 53.3. The molecule has 172 valence electrons. The summed E-state index contributed by atoms with van der Waals surface area (Å²) in [7, 11) is -8.40. The van der Waals surface area contributed by atoms with Crippen LogP contribution in [0.25, 0.3) is 0 Å². The number of hydrogen-bond acceptors (Lipinski definition) is 7. The van der Waals surface area contributed by atoms with Gasteiger partial charge >= 0.3 is 5.97 Å². The van der Waals surface area contributed by atoms with Crippen LogP contribution in [0.2, 0.25) is 0 Å². The van der Waals surface area contributed by atoms with Crippen LogP contribution in [0.1, 0.15) is 5.56 Å². The molecule has 0 spiro atoms. The van der Waals surface area contributed by atoms with Crippen molar-refractivity contribution in [1.82, 2.24) is 4.72 Å². The van der Waals surface area contributed by atoms with Gasteiger partial charge in [0, 0.05) is 12.1 Å². The molecule has 0 unspecified atom stereocenters. The van der Waals surface area contributed by atoms with E-state index < -0.39 is 41.7 Å². The molecule has 0 heterocycles. The zero-order valence-electron chi connectivity index (χ0n) is 16.9. The third kappa shape index (κ3) is 5.61. The van der Waals surface area contributed by atoms with Gasteiger partial charge in [0.05, 0.1) is 19.6 Å². The highest BCUT2D eigenvalue weighted by Gasteiger charge is 2.27. The Morgan fingerprint density at radius 1 is 0.879 bits per heavy atom. The Balaban J connectivity index is 1.87. The number of aliphatic carboxylic acids is 1. The first-order chi connectivity index (χ1) is 15.5. The van der Waals surface area contributed by atoms with Crippen molar-refractivity contribution >= 4 is 31.5 Å². The molecule has 0 aliphatic heterocycles. The number of carbonyl (C=O) groups is 1. The van der Waals surface area contributed by atoms with Crippen LogP contribution in [0.15, 0.2) is 93.5 Å². The number of carboxylic acids is 1. The van der Waals surface area contributed by atoms with Gasteiger partial charge in [-0.05, 0) is 42.3 Å². The van der Waals surface area contributed by atoms with E-state index in [1.54, 1.807) is 6.07 Å². The van der Waals surface area contributed by atoms with Crippen molar-refractivity contribution in [2.45, 2.75) is 27.1 Å². The first-order valence-corrected chi connectivity index (χ1v) is 12.4. The molecule has 0 amide bonds. The van der Waals surface area contributed by atoms with Crippen molar-refractivity contribution in [3.63, 3.8) is 0 Å². The van der Waals surface area contributed by atoms with E-state index in [4.69, 9.17) is 0 Å². The molecule has 12 heteroatoms. The molecule has 3 aromatic carbocycles. The molecule has 3 rings (SSSR count). The molecule has 0 aromatic heterocycles. The average Bonchev–Trinajstić information content (AvgIpc) is 2.79. The molecule has 0 saturated carbocycles. The van der Waals surface area contributed by atoms with Gasteiger partial charge in [-0.15, -0.1) is 0 Å². The van der Waals surface area contributed by atoms with Gasteiger partial charge in [-0.2, -0.15) is 4.72 Å². The molecule has 0 radical (unpaired) electrons. The maximum atomic E-state index is 12.8. The largest absolute Gasteiger partial charge is 0.480 e. The normalized spacial score (nSPS) is 12.7. The van der Waals surface area contributed by atoms with Crippen molar-refractivity contribution in [1.29, 1.82) is 0 Å². The number of sulfone groups is 1. The van der Waals surface area contributed by atoms with Crippen LogP contribution in [-0.4, -0.2) is 38.9 Å². The summed E-state index contributed by atoms with van der Waals surface area (Å²) in [6.45, 7) is 0. The number of rotatable bonds is 9. The quantitative estimate of drug-likeness (QED) is 0.341. The lowest BCUT2D eigenvalue weighted by Crippen LogP contribution is -2.42. The second kappa shape index (κ2) is 9.48. The van der Waals surface area contributed by atoms with Gasteiger partial charge in [-0.1, -0.05) is 36.4 Å². The predicted molar refractivity (Wildman–Crippen MR) is 117 cm³/mol. The van der Waals surface area contributed by atoms with Crippen molar-refractivity contribution in [3.8, 4) is 0 Å². The molecule has 1 atom stereocenters. The number of nitrogens with zero attached hydrogens (tertiary/aromatic N) is 1. The lowest BCUT2D eigenvalue weighted by molar-refractivity contribution is -0.384. The smallest absolute Gasteiger partial charge is 0.322 e. The maximum absolute atomic E-state index is 12.8. The molecule has 33 heavy (non-hydrogen) atoms. The van der Waals surface area contributed by atoms with Crippen LogP contribution in [0.5, 0.6) is 0 Å². The average molecular weight is 491 g/mol. The third-order valence-electron chi connectivity index (χ3n) is 4.66. The Hall–Kier alpha value is -3.61. The highest BCUT2D eigenvalue weighted by Crippen LogP contribution is 2.23. The number of sulfonamides is 1. The van der Waals surface area contributed by atoms with E-state index >= 15 is 0 Å². The minimum atomic E-state index is -4.41. The van der Waals surface area contributed by atoms with Gasteiger partial charge in [-0.25, -0.2) is 16.8 Å². The number of nitro benzene ring substituents is 1. The van der Waals surface area contributed by atoms with Crippen LogP contribution in [0.3, 0.4) is 0 Å². The van der Waals surface area contributed by atoms with Crippen molar-refractivity contribution < 1.29 is 31.7 Å². The molecule has 0 aliphatic rings. The fraction of sp³-hybridized carbons (Fsp3) is 0.0952. The lowest BCUT2D eigenvalue weighted by Gasteiger charge is -2.15. The summed E-state index contributed by atoms with van der Waals surface area (Å²) in [5.41, 5.74) is 0.166. The Morgan fingerprint density at radius 3 is 2.03 bits per heavy atom. The monoisotopic (exact) mass is 490 g/mol. The van der Waals surface area contributed by atoms with Crippen LogP contribution in [0.4, 0.5) is 5.69 Å². The van der Waals surface area contributed by atoms with E-state index in [1.165, 1.54) is 60.7 Å². The molecule has 0 saturated heterocycles. The first kappa shape index (κ1) is 24.0. The second-order valence-corrected chi connectivity index (χ2v) is 10.6. The predicted octanol–water partition coefficient (Wildman–Crippen LogP) is 2.40. The minimum absolute atomic E-state index is 0.0194. The van der Waals surface area contributed by atoms with Gasteiger partial charge in [0.15, 0.2) is 0 Å². The standard InChI is InChI=1S/C21H18N2O8S2/c24-21(25)20(13-15-9-11-16(12-10-15)23(26)27)22-33(30,31)19-8-4-7-18(14-19)32(28,29)17-5-2-1-3-6-17/h1-12,14,20,22H,13H2,(H,24,25)/t20-/m1/s1. The van der Waals surface area contributed by atoms with E-state index in [0.717, 1.165) is 12.1 Å². The Kier molecular flexibility index (Phi) is 6.91. The summed E-state index contributed by atoms with van der Waals surface area (Å²) in [6, 6.07) is 15.5. The third-order valence-corrected chi connectivity index (χ3v) is 7.90. The van der Waals surface area contributed by atoms with Crippen LogP contribution in [0, 0.1) is 10.1 Å². The van der Waals surface area contributed by atoms with Crippen LogP contribution >= 0.6 is 0 Å². The van der Waals surface area contributed by atoms with E-state index in [-0.39, 0.29) is 21.9 Å². The maximum Gasteiger partial charge on any atom is 0.322 e. The van der Waals surface area contributed by atoms with Crippen LogP contribution in [-0.2, 0) is 31.1 Å². The first-order valence-electron chi connectivity index (χ1n) is 9.39. The van der Waals surface area contributed by atoms with Gasteiger partial charge in [0.2, 0.25) is 19.9 Å². The summed E-state index contributed by atoms with van der Waals surface area (Å²) in [4.78, 5) is 21.1. The number of nitrogens with one attached hydrogen (secondary N) is 1. The van der Waals surface area contributed by atoms with E-state index in [1.807, 2.05) is 0 Å². The SMILES string of the molecule is O=C(O)[C@@H](Cc1ccc([N+](=O)[O-])cc1)NS(=O)(=O)c1cccc(S(=O)(=O)c2ccccc2)c1. The molecular weight excluding hydrogens is 472 g/mol. The highest BCUT2D eigenvalue weighted by molar-refractivity contribution is 7.91. The van der Waals surface area contributed by atoms with Gasteiger partial charge in [0.25, 0.3) is 5.69 Å². The van der Waals surface area contributed by atoms with Gasteiger partial charge in [-0.3, -0.25) is 14.9 Å². The molecule has 0 aliphatic carbocycles. The topological polar surface area (TPSA) is 161 Å². The zero-order valence-corrected chi connectivity index (χ0v) is 18.5. The molecule has 10 nitrogen and oxygen atoms in total. The summed E-state index contributed by atoms with van der Waals surface area (Å²) in [5, 5.41) is 20.2. The number of nitro groups is 1. The number of non-ortho nitro benzene ring substituents is 1. The fourth-order valence-corrected chi connectivity index (χ4v) is 5.61. The summed E-state index contributed by atoms with van der Waals surface area (Å²) in [6.07, 6.45) is -0.283. The lowest BCUT2D eigenvalue weighted by atomic mass is 10.1. The van der Waals surface area contributed by atoms with Crippen molar-refractivity contribution in [2.24, 2.45) is 0 Å². The minimum Gasteiger partial charge on any atom is -0.480 e. The number of carboxylic acid groups (broad SMARTS) is 1. The Labute approximate surface area is 189 Å². The van der Waals surface area contributed by atoms with Crippen LogP contribution < -0.4 is 4.72 Å². The Morgan fingerprint density at radius 2 is 1.45 bits per heavy atom. The molecule has 0 bridgehead atoms. The second-order valence-electron chi connectivity index (χ2n) is 6.93. The number of benzene rings is 3. The number of hydrogen-bond donors (Lipinski definition) is 2. The van der Waals surface area contributed by atoms with E-state index in [9.17, 15) is 36.9 Å². The molecule has 2 N–H and O–H groups in total. The summed E-state index contributed by atoms with van der Waals surface area (Å²) in [5.74, 6) is -1.47. The van der Waals surface area contributed by atoms with Crippen molar-refractivity contribution in [3.05, 3.63) is 94.5 Å². The van der Waals surface area contributed by atoms with E-state index in [2.05, 4.69) is 4.72 Å². The highest BCUT2D eigenvalue weighted by atomic mass is 32.2.